The van der Waals surface area contributed by atoms with Crippen molar-refractivity contribution >= 4 is 22.8 Å². The monoisotopic (exact) mass is 307 g/mol. The molecule has 0 radical (unpaired) electrons. The second kappa shape index (κ2) is 6.08. The molecule has 0 saturated carbocycles. The van der Waals surface area contributed by atoms with Crippen LogP contribution in [-0.2, 0) is 4.79 Å². The molecule has 0 aliphatic heterocycles. The SMILES string of the molecule is Cc1cccc(-c2ccc3c(ccn3C(=O)CCC(=O)O)c2)c1. The molecule has 2 aromatic carbocycles. The first-order valence-corrected chi connectivity index (χ1v) is 7.48. The van der Waals surface area contributed by atoms with E-state index in [2.05, 4.69) is 25.1 Å². The largest absolute Gasteiger partial charge is 0.481 e. The number of carbonyl (C=O) groups excluding carboxylic acids is 1. The Bertz CT molecular complexity index is 893. The van der Waals surface area contributed by atoms with E-state index in [0.29, 0.717) is 0 Å². The maximum atomic E-state index is 12.1. The Morgan fingerprint density at radius 1 is 1.00 bits per heavy atom. The van der Waals surface area contributed by atoms with Crippen LogP contribution in [0.25, 0.3) is 22.0 Å². The summed E-state index contributed by atoms with van der Waals surface area (Å²) in [5, 5.41) is 9.66. The van der Waals surface area contributed by atoms with Crippen LogP contribution in [0.1, 0.15) is 23.2 Å². The van der Waals surface area contributed by atoms with E-state index in [1.165, 1.54) is 10.1 Å². The van der Waals surface area contributed by atoms with E-state index in [4.69, 9.17) is 5.11 Å². The van der Waals surface area contributed by atoms with Gasteiger partial charge < -0.3 is 5.11 Å². The molecule has 0 amide bonds. The van der Waals surface area contributed by atoms with E-state index in [-0.39, 0.29) is 18.7 Å². The fourth-order valence-corrected chi connectivity index (χ4v) is 2.70. The van der Waals surface area contributed by atoms with Crippen molar-refractivity contribution in [3.63, 3.8) is 0 Å². The van der Waals surface area contributed by atoms with E-state index in [0.717, 1.165) is 22.0 Å². The molecule has 23 heavy (non-hydrogen) atoms. The van der Waals surface area contributed by atoms with Crippen LogP contribution < -0.4 is 0 Å². The van der Waals surface area contributed by atoms with Gasteiger partial charge in [-0.2, -0.15) is 0 Å². The molecule has 4 heteroatoms. The number of carboxylic acid groups (broad SMARTS) is 1. The topological polar surface area (TPSA) is 59.3 Å². The maximum absolute atomic E-state index is 12.1. The van der Waals surface area contributed by atoms with Gasteiger partial charge in [-0.15, -0.1) is 0 Å². The molecule has 0 fully saturated rings. The predicted octanol–water partition coefficient (Wildman–Crippen LogP) is 4.12. The molecule has 1 aromatic heterocycles. The Labute approximate surface area is 134 Å². The quantitative estimate of drug-likeness (QED) is 0.788. The van der Waals surface area contributed by atoms with Gasteiger partial charge in [0.15, 0.2) is 0 Å². The number of benzene rings is 2. The van der Waals surface area contributed by atoms with E-state index in [9.17, 15) is 9.59 Å². The average molecular weight is 307 g/mol. The van der Waals surface area contributed by atoms with E-state index < -0.39 is 5.97 Å². The fraction of sp³-hybridized carbons (Fsp3) is 0.158. The summed E-state index contributed by atoms with van der Waals surface area (Å²) in [6.07, 6.45) is 1.55. The second-order valence-corrected chi connectivity index (χ2v) is 5.62. The van der Waals surface area contributed by atoms with Crippen molar-refractivity contribution in [3.05, 3.63) is 60.3 Å². The van der Waals surface area contributed by atoms with Gasteiger partial charge in [0, 0.05) is 18.0 Å². The Morgan fingerprint density at radius 3 is 2.52 bits per heavy atom. The summed E-state index contributed by atoms with van der Waals surface area (Å²) in [4.78, 5) is 22.7. The van der Waals surface area contributed by atoms with Crippen molar-refractivity contribution in [2.24, 2.45) is 0 Å². The van der Waals surface area contributed by atoms with Gasteiger partial charge in [-0.3, -0.25) is 14.2 Å². The summed E-state index contributed by atoms with van der Waals surface area (Å²) in [6.45, 7) is 2.06. The van der Waals surface area contributed by atoms with E-state index >= 15 is 0 Å². The fourth-order valence-electron chi connectivity index (χ4n) is 2.70. The van der Waals surface area contributed by atoms with E-state index in [1.54, 1.807) is 6.20 Å². The van der Waals surface area contributed by atoms with Crippen LogP contribution >= 0.6 is 0 Å². The van der Waals surface area contributed by atoms with Crippen molar-refractivity contribution in [1.82, 2.24) is 4.57 Å². The molecule has 0 saturated heterocycles. The summed E-state index contributed by atoms with van der Waals surface area (Å²) >= 11 is 0. The Balaban J connectivity index is 1.94. The van der Waals surface area contributed by atoms with Crippen LogP contribution in [0.2, 0.25) is 0 Å². The van der Waals surface area contributed by atoms with Gasteiger partial charge in [0.25, 0.3) is 0 Å². The number of carboxylic acids is 1. The zero-order valence-electron chi connectivity index (χ0n) is 12.8. The van der Waals surface area contributed by atoms with Crippen molar-refractivity contribution in [1.29, 1.82) is 0 Å². The minimum atomic E-state index is -0.962. The lowest BCUT2D eigenvalue weighted by atomic mass is 10.0. The molecule has 3 aromatic rings. The minimum Gasteiger partial charge on any atom is -0.481 e. The van der Waals surface area contributed by atoms with Gasteiger partial charge >= 0.3 is 5.97 Å². The number of fused-ring (bicyclic) bond motifs is 1. The summed E-state index contributed by atoms with van der Waals surface area (Å²) in [5.74, 6) is -1.16. The third kappa shape index (κ3) is 3.16. The summed E-state index contributed by atoms with van der Waals surface area (Å²) in [5.41, 5.74) is 4.23. The third-order valence-corrected chi connectivity index (χ3v) is 3.86. The number of carbonyl (C=O) groups is 2. The normalized spacial score (nSPS) is 10.8. The van der Waals surface area contributed by atoms with Gasteiger partial charge in [0.1, 0.15) is 0 Å². The molecular weight excluding hydrogens is 290 g/mol. The van der Waals surface area contributed by atoms with Crippen molar-refractivity contribution in [2.75, 3.05) is 0 Å². The highest BCUT2D eigenvalue weighted by Crippen LogP contribution is 2.26. The number of aliphatic carboxylic acids is 1. The van der Waals surface area contributed by atoms with Crippen LogP contribution in [0.5, 0.6) is 0 Å². The lowest BCUT2D eigenvalue weighted by molar-refractivity contribution is -0.136. The molecule has 0 aliphatic carbocycles. The van der Waals surface area contributed by atoms with Crippen LogP contribution in [0.3, 0.4) is 0 Å². The van der Waals surface area contributed by atoms with Crippen LogP contribution in [-0.4, -0.2) is 21.6 Å². The number of aromatic nitrogens is 1. The first-order chi connectivity index (χ1) is 11.0. The smallest absolute Gasteiger partial charge is 0.303 e. The van der Waals surface area contributed by atoms with Crippen LogP contribution in [0, 0.1) is 6.92 Å². The molecule has 1 N–H and O–H groups in total. The molecule has 4 nitrogen and oxygen atoms in total. The van der Waals surface area contributed by atoms with Crippen LogP contribution in [0.4, 0.5) is 0 Å². The Morgan fingerprint density at radius 2 is 1.78 bits per heavy atom. The molecule has 0 unspecified atom stereocenters. The van der Waals surface area contributed by atoms with Crippen molar-refractivity contribution in [3.8, 4) is 11.1 Å². The highest BCUT2D eigenvalue weighted by molar-refractivity contribution is 5.95. The molecule has 116 valence electrons. The van der Waals surface area contributed by atoms with Crippen LogP contribution in [0.15, 0.2) is 54.7 Å². The number of hydrogen-bond donors (Lipinski definition) is 1. The van der Waals surface area contributed by atoms with Gasteiger partial charge in [0.2, 0.25) is 5.91 Å². The standard InChI is InChI=1S/C19H17NO3/c1-13-3-2-4-14(11-13)15-5-6-17-16(12-15)9-10-20(17)18(21)7-8-19(22)23/h2-6,9-12H,7-8H2,1H3,(H,22,23). The number of hydrogen-bond acceptors (Lipinski definition) is 2. The molecule has 0 bridgehead atoms. The van der Waals surface area contributed by atoms with Gasteiger partial charge in [0.05, 0.1) is 11.9 Å². The minimum absolute atomic E-state index is 0.00125. The predicted molar refractivity (Wildman–Crippen MR) is 89.6 cm³/mol. The molecular formula is C19H17NO3. The molecule has 1 heterocycles. The lowest BCUT2D eigenvalue weighted by Crippen LogP contribution is -2.11. The maximum Gasteiger partial charge on any atom is 0.303 e. The molecule has 0 atom stereocenters. The Hall–Kier alpha value is -2.88. The zero-order chi connectivity index (χ0) is 16.4. The zero-order valence-corrected chi connectivity index (χ0v) is 12.8. The third-order valence-electron chi connectivity index (χ3n) is 3.86. The van der Waals surface area contributed by atoms with Gasteiger partial charge in [-0.1, -0.05) is 35.9 Å². The van der Waals surface area contributed by atoms with Crippen molar-refractivity contribution < 1.29 is 14.7 Å². The molecule has 0 spiro atoms. The number of aryl methyl sites for hydroxylation is 1. The second-order valence-electron chi connectivity index (χ2n) is 5.62. The first-order valence-electron chi connectivity index (χ1n) is 7.48. The van der Waals surface area contributed by atoms with Crippen molar-refractivity contribution in [2.45, 2.75) is 19.8 Å². The number of nitrogens with zero attached hydrogens (tertiary/aromatic N) is 1. The Kier molecular flexibility index (Phi) is 3.98. The summed E-state index contributed by atoms with van der Waals surface area (Å²) in [6, 6.07) is 16.1. The number of rotatable bonds is 4. The highest BCUT2D eigenvalue weighted by atomic mass is 16.4. The first kappa shape index (κ1) is 15.0. The molecule has 0 aliphatic rings. The summed E-state index contributed by atoms with van der Waals surface area (Å²) in [7, 11) is 0. The molecule has 3 rings (SSSR count). The van der Waals surface area contributed by atoms with E-state index in [1.807, 2.05) is 30.3 Å². The summed E-state index contributed by atoms with van der Waals surface area (Å²) < 4.78 is 1.53. The van der Waals surface area contributed by atoms with Gasteiger partial charge in [-0.05, 0) is 36.2 Å². The average Bonchev–Trinajstić information content (AvgIpc) is 2.95. The van der Waals surface area contributed by atoms with Gasteiger partial charge in [-0.25, -0.2) is 0 Å². The highest BCUT2D eigenvalue weighted by Gasteiger charge is 2.11. The lowest BCUT2D eigenvalue weighted by Gasteiger charge is -2.06.